The summed E-state index contributed by atoms with van der Waals surface area (Å²) in [5.41, 5.74) is 3.70. The number of primary amides is 1. The van der Waals surface area contributed by atoms with E-state index in [1.807, 2.05) is 0 Å². The molecular formula is C12H22N4O4. The summed E-state index contributed by atoms with van der Waals surface area (Å²) in [6.45, 7) is 0.382. The van der Waals surface area contributed by atoms with E-state index in [0.29, 0.717) is 12.8 Å². The number of amides is 4. The van der Waals surface area contributed by atoms with Crippen LogP contribution in [-0.2, 0) is 4.79 Å². The predicted octanol–water partition coefficient (Wildman–Crippen LogP) is 0.131. The van der Waals surface area contributed by atoms with Gasteiger partial charge in [-0.15, -0.1) is 0 Å². The molecule has 8 nitrogen and oxygen atoms in total. The van der Waals surface area contributed by atoms with Gasteiger partial charge in [-0.05, 0) is 12.8 Å². The number of aliphatic carboxylic acids is 1. The van der Waals surface area contributed by atoms with E-state index in [2.05, 4.69) is 16.0 Å². The summed E-state index contributed by atoms with van der Waals surface area (Å²) in [7, 11) is 0. The van der Waals surface area contributed by atoms with Crippen LogP contribution in [0.1, 0.15) is 38.5 Å². The minimum atomic E-state index is -1.18. The average molecular weight is 286 g/mol. The molecule has 4 amide bonds. The summed E-state index contributed by atoms with van der Waals surface area (Å²) >= 11 is 0. The van der Waals surface area contributed by atoms with Gasteiger partial charge in [0.05, 0.1) is 0 Å². The van der Waals surface area contributed by atoms with Crippen LogP contribution in [0.3, 0.4) is 0 Å². The fourth-order valence-corrected chi connectivity index (χ4v) is 2.35. The highest BCUT2D eigenvalue weighted by molar-refractivity contribution is 5.86. The van der Waals surface area contributed by atoms with Crippen LogP contribution in [0.5, 0.6) is 0 Å². The van der Waals surface area contributed by atoms with Crippen molar-refractivity contribution < 1.29 is 19.5 Å². The number of carbonyl (C=O) groups excluding carboxylic acids is 2. The molecule has 114 valence electrons. The molecule has 0 saturated heterocycles. The van der Waals surface area contributed by atoms with E-state index in [-0.39, 0.29) is 13.1 Å². The average Bonchev–Trinajstić information content (AvgIpc) is 2.61. The normalized spacial score (nSPS) is 17.6. The zero-order valence-corrected chi connectivity index (χ0v) is 11.4. The molecule has 0 aromatic rings. The summed E-state index contributed by atoms with van der Waals surface area (Å²) in [6, 6.07) is -1.21. The first kappa shape index (κ1) is 16.1. The maximum absolute atomic E-state index is 11.7. The lowest BCUT2D eigenvalue weighted by Crippen LogP contribution is -2.57. The molecule has 0 heterocycles. The number of urea groups is 2. The van der Waals surface area contributed by atoms with Crippen molar-refractivity contribution in [3.8, 4) is 0 Å². The van der Waals surface area contributed by atoms with Crippen molar-refractivity contribution in [1.82, 2.24) is 16.0 Å². The number of hydrogen-bond donors (Lipinski definition) is 5. The molecule has 0 aromatic heterocycles. The first-order valence-electron chi connectivity index (χ1n) is 6.79. The quantitative estimate of drug-likeness (QED) is 0.363. The predicted molar refractivity (Wildman–Crippen MR) is 72.2 cm³/mol. The fraction of sp³-hybridized carbons (Fsp3) is 0.750. The first-order chi connectivity index (χ1) is 9.46. The number of hydrogen-bond acceptors (Lipinski definition) is 3. The van der Waals surface area contributed by atoms with Crippen LogP contribution in [0.25, 0.3) is 0 Å². The number of carboxylic acid groups (broad SMARTS) is 1. The Bertz CT molecular complexity index is 364. The lowest BCUT2D eigenvalue weighted by Gasteiger charge is -2.29. The van der Waals surface area contributed by atoms with E-state index < -0.39 is 23.6 Å². The van der Waals surface area contributed by atoms with Crippen LogP contribution in [0, 0.1) is 0 Å². The summed E-state index contributed by atoms with van der Waals surface area (Å²) in [4.78, 5) is 33.7. The topological polar surface area (TPSA) is 134 Å². The van der Waals surface area contributed by atoms with Crippen molar-refractivity contribution in [3.63, 3.8) is 0 Å². The van der Waals surface area contributed by atoms with E-state index in [4.69, 9.17) is 5.73 Å². The molecule has 1 aliphatic carbocycles. The van der Waals surface area contributed by atoms with Crippen LogP contribution < -0.4 is 21.7 Å². The Hall–Kier alpha value is -1.99. The second kappa shape index (κ2) is 7.56. The molecule has 8 heteroatoms. The number of nitrogens with one attached hydrogen (secondary N) is 3. The number of carbonyl (C=O) groups is 3. The second-order valence-corrected chi connectivity index (χ2v) is 4.97. The van der Waals surface area contributed by atoms with Gasteiger partial charge in [-0.1, -0.05) is 25.7 Å². The molecule has 0 atom stereocenters. The molecule has 20 heavy (non-hydrogen) atoms. The minimum absolute atomic E-state index is 0.185. The highest BCUT2D eigenvalue weighted by Crippen LogP contribution is 2.27. The van der Waals surface area contributed by atoms with Crippen LogP contribution in [0.15, 0.2) is 0 Å². The highest BCUT2D eigenvalue weighted by Gasteiger charge is 2.39. The Labute approximate surface area is 117 Å². The molecule has 0 aliphatic heterocycles. The largest absolute Gasteiger partial charge is 0.480 e. The van der Waals surface area contributed by atoms with Crippen LogP contribution in [0.2, 0.25) is 0 Å². The van der Waals surface area contributed by atoms with Gasteiger partial charge in [-0.2, -0.15) is 0 Å². The lowest BCUT2D eigenvalue weighted by molar-refractivity contribution is -0.145. The molecular weight excluding hydrogens is 264 g/mol. The second-order valence-electron chi connectivity index (χ2n) is 4.97. The number of rotatable bonds is 5. The summed E-state index contributed by atoms with van der Waals surface area (Å²) < 4.78 is 0. The third kappa shape index (κ3) is 4.94. The molecule has 0 aromatic carbocycles. The molecule has 0 unspecified atom stereocenters. The van der Waals surface area contributed by atoms with Gasteiger partial charge in [0, 0.05) is 13.1 Å². The fourth-order valence-electron chi connectivity index (χ4n) is 2.35. The third-order valence-electron chi connectivity index (χ3n) is 3.43. The zero-order chi connectivity index (χ0) is 15.0. The molecule has 1 saturated carbocycles. The Kier molecular flexibility index (Phi) is 6.08. The first-order valence-corrected chi connectivity index (χ1v) is 6.79. The van der Waals surface area contributed by atoms with Crippen molar-refractivity contribution in [2.45, 2.75) is 44.1 Å². The van der Waals surface area contributed by atoms with Crippen molar-refractivity contribution in [2.75, 3.05) is 13.1 Å². The molecule has 1 rings (SSSR count). The van der Waals surface area contributed by atoms with E-state index in [1.54, 1.807) is 0 Å². The summed E-state index contributed by atoms with van der Waals surface area (Å²) in [5, 5.41) is 16.8. The molecule has 1 fully saturated rings. The van der Waals surface area contributed by atoms with Gasteiger partial charge >= 0.3 is 18.0 Å². The van der Waals surface area contributed by atoms with Crippen LogP contribution in [-0.4, -0.2) is 41.8 Å². The van der Waals surface area contributed by atoms with Crippen LogP contribution in [0.4, 0.5) is 9.59 Å². The Morgan fingerprint density at radius 2 is 1.55 bits per heavy atom. The monoisotopic (exact) mass is 286 g/mol. The Morgan fingerprint density at radius 3 is 2.05 bits per heavy atom. The molecule has 1 aliphatic rings. The lowest BCUT2D eigenvalue weighted by atomic mass is 9.90. The van der Waals surface area contributed by atoms with E-state index in [9.17, 15) is 19.5 Å². The number of nitrogens with two attached hydrogens (primary N) is 1. The standard InChI is InChI=1S/C12H22N4O4/c13-10(19)14-7-8-15-11(20)16-12(9(17)18)5-3-1-2-4-6-12/h1-8H2,(H,17,18)(H3,13,14,19)(H2,15,16,20). The van der Waals surface area contributed by atoms with Crippen molar-refractivity contribution in [2.24, 2.45) is 5.73 Å². The Balaban J connectivity index is 2.46. The molecule has 6 N–H and O–H groups in total. The van der Waals surface area contributed by atoms with E-state index in [1.165, 1.54) is 0 Å². The van der Waals surface area contributed by atoms with Gasteiger partial charge in [-0.3, -0.25) is 0 Å². The van der Waals surface area contributed by atoms with Gasteiger partial charge in [0.15, 0.2) is 0 Å². The molecule has 0 radical (unpaired) electrons. The summed E-state index contributed by atoms with van der Waals surface area (Å²) in [5.74, 6) is -0.996. The Morgan fingerprint density at radius 1 is 1.00 bits per heavy atom. The van der Waals surface area contributed by atoms with Gasteiger partial charge in [0.2, 0.25) is 0 Å². The minimum Gasteiger partial charge on any atom is -0.480 e. The van der Waals surface area contributed by atoms with Gasteiger partial charge in [-0.25, -0.2) is 14.4 Å². The molecule has 0 spiro atoms. The number of carboxylic acids is 1. The highest BCUT2D eigenvalue weighted by atomic mass is 16.4. The van der Waals surface area contributed by atoms with Crippen LogP contribution >= 0.6 is 0 Å². The maximum Gasteiger partial charge on any atom is 0.329 e. The maximum atomic E-state index is 11.7. The van der Waals surface area contributed by atoms with Crippen molar-refractivity contribution in [1.29, 1.82) is 0 Å². The smallest absolute Gasteiger partial charge is 0.329 e. The van der Waals surface area contributed by atoms with Gasteiger partial charge < -0.3 is 26.8 Å². The van der Waals surface area contributed by atoms with Crippen molar-refractivity contribution in [3.05, 3.63) is 0 Å². The van der Waals surface area contributed by atoms with Crippen molar-refractivity contribution >= 4 is 18.0 Å². The van der Waals surface area contributed by atoms with Gasteiger partial charge in [0.1, 0.15) is 5.54 Å². The SMILES string of the molecule is NC(=O)NCCNC(=O)NC1(C(=O)O)CCCCCC1. The van der Waals surface area contributed by atoms with E-state index >= 15 is 0 Å². The van der Waals surface area contributed by atoms with Gasteiger partial charge in [0.25, 0.3) is 0 Å². The third-order valence-corrected chi connectivity index (χ3v) is 3.43. The molecule has 0 bridgehead atoms. The summed E-state index contributed by atoms with van der Waals surface area (Å²) in [6.07, 6.45) is 4.43. The zero-order valence-electron chi connectivity index (χ0n) is 11.4. The van der Waals surface area contributed by atoms with E-state index in [0.717, 1.165) is 25.7 Å².